The lowest BCUT2D eigenvalue weighted by molar-refractivity contribution is 0.626. The topological polar surface area (TPSA) is 41.6 Å². The molecule has 0 bridgehead atoms. The Balaban J connectivity index is 0.000000431. The zero-order valence-electron chi connectivity index (χ0n) is 16.4. The van der Waals surface area contributed by atoms with Crippen LogP contribution in [0.2, 0.25) is 0 Å². The van der Waals surface area contributed by atoms with E-state index in [2.05, 4.69) is 55.8 Å². The number of thioether (sulfide) groups is 1. The number of nitrogens with zero attached hydrogens (tertiary/aromatic N) is 2. The number of aliphatic imine (C=N–C) groups is 1. The van der Waals surface area contributed by atoms with Crippen LogP contribution in [-0.4, -0.2) is 24.7 Å². The first kappa shape index (κ1) is 20.8. The quantitative estimate of drug-likeness (QED) is 0.492. The van der Waals surface area contributed by atoms with Crippen molar-refractivity contribution in [1.29, 1.82) is 0 Å². The normalized spacial score (nSPS) is 14.0. The summed E-state index contributed by atoms with van der Waals surface area (Å²) in [6.07, 6.45) is 2.48. The summed E-state index contributed by atoms with van der Waals surface area (Å²) in [6.45, 7) is 11.1. The Morgan fingerprint density at radius 1 is 1.27 bits per heavy atom. The first-order valence-electron chi connectivity index (χ1n) is 9.45. The molecule has 0 unspecified atom stereocenters. The second kappa shape index (κ2) is 10.6. The van der Waals surface area contributed by atoms with Crippen molar-refractivity contribution < 1.29 is 0 Å². The standard InChI is InChI=1S/C16H19N3S2.C5H12/c1-2-7-19-8-10-21-15-11-12(5-6-13(15)19)18-16(17)14-4-3-9-20-14;1-4-5(2)3/h3-6,9,11H,2,7-8,10H2,1H3,(H2,17,18);5H,4H2,1-3H3. The van der Waals surface area contributed by atoms with Gasteiger partial charge in [0.15, 0.2) is 0 Å². The molecule has 2 aromatic rings. The molecular weight excluding hydrogens is 358 g/mol. The Morgan fingerprint density at radius 3 is 2.65 bits per heavy atom. The molecule has 0 aliphatic carbocycles. The number of anilines is 1. The van der Waals surface area contributed by atoms with Crippen LogP contribution in [0.1, 0.15) is 45.4 Å². The number of amidine groups is 1. The molecule has 2 heterocycles. The molecule has 5 heteroatoms. The monoisotopic (exact) mass is 389 g/mol. The van der Waals surface area contributed by atoms with Crippen molar-refractivity contribution in [3.8, 4) is 0 Å². The number of rotatable bonds is 5. The van der Waals surface area contributed by atoms with Gasteiger partial charge in [-0.05, 0) is 42.0 Å². The highest BCUT2D eigenvalue weighted by Crippen LogP contribution is 2.37. The lowest BCUT2D eigenvalue weighted by Crippen LogP contribution is -2.29. The number of fused-ring (bicyclic) bond motifs is 1. The molecule has 2 N–H and O–H groups in total. The molecule has 1 aromatic carbocycles. The molecule has 1 aliphatic rings. The summed E-state index contributed by atoms with van der Waals surface area (Å²) in [7, 11) is 0. The van der Waals surface area contributed by atoms with Gasteiger partial charge in [0.25, 0.3) is 0 Å². The van der Waals surface area contributed by atoms with Crippen molar-refractivity contribution in [2.24, 2.45) is 16.6 Å². The third-order valence-electron chi connectivity index (χ3n) is 4.24. The van der Waals surface area contributed by atoms with Crippen LogP contribution in [0.3, 0.4) is 0 Å². The molecule has 26 heavy (non-hydrogen) atoms. The third-order valence-corrected chi connectivity index (χ3v) is 6.15. The Kier molecular flexibility index (Phi) is 8.52. The minimum absolute atomic E-state index is 0.594. The van der Waals surface area contributed by atoms with E-state index in [1.165, 1.54) is 23.4 Å². The van der Waals surface area contributed by atoms with Crippen LogP contribution in [-0.2, 0) is 0 Å². The third kappa shape index (κ3) is 6.06. The van der Waals surface area contributed by atoms with E-state index in [1.54, 1.807) is 11.3 Å². The van der Waals surface area contributed by atoms with E-state index < -0.39 is 0 Å². The predicted molar refractivity (Wildman–Crippen MR) is 120 cm³/mol. The first-order chi connectivity index (χ1) is 12.5. The number of benzene rings is 1. The second-order valence-corrected chi connectivity index (χ2v) is 8.85. The highest BCUT2D eigenvalue weighted by atomic mass is 32.2. The van der Waals surface area contributed by atoms with Crippen LogP contribution in [0.15, 0.2) is 45.6 Å². The van der Waals surface area contributed by atoms with Crippen LogP contribution in [0.5, 0.6) is 0 Å². The maximum absolute atomic E-state index is 6.07. The molecule has 0 atom stereocenters. The molecule has 0 saturated carbocycles. The lowest BCUT2D eigenvalue weighted by atomic mass is 10.2. The van der Waals surface area contributed by atoms with Gasteiger partial charge in [-0.3, -0.25) is 0 Å². The largest absolute Gasteiger partial charge is 0.383 e. The summed E-state index contributed by atoms with van der Waals surface area (Å²) in [5, 5.41) is 2.02. The van der Waals surface area contributed by atoms with Gasteiger partial charge in [0, 0.05) is 23.7 Å². The molecular formula is C21H31N3S2. The van der Waals surface area contributed by atoms with E-state index in [4.69, 9.17) is 5.73 Å². The average molecular weight is 390 g/mol. The lowest BCUT2D eigenvalue weighted by Gasteiger charge is -2.30. The molecule has 142 valence electrons. The molecule has 0 amide bonds. The van der Waals surface area contributed by atoms with Crippen LogP contribution in [0.25, 0.3) is 0 Å². The second-order valence-electron chi connectivity index (χ2n) is 6.76. The fraction of sp³-hybridized carbons (Fsp3) is 0.476. The maximum Gasteiger partial charge on any atom is 0.141 e. The Labute approximate surface area is 166 Å². The summed E-state index contributed by atoms with van der Waals surface area (Å²) in [5.74, 6) is 2.62. The molecule has 1 aliphatic heterocycles. The Morgan fingerprint density at radius 2 is 2.04 bits per heavy atom. The van der Waals surface area contributed by atoms with E-state index in [9.17, 15) is 0 Å². The zero-order chi connectivity index (χ0) is 18.9. The van der Waals surface area contributed by atoms with Gasteiger partial charge < -0.3 is 10.6 Å². The van der Waals surface area contributed by atoms with E-state index in [-0.39, 0.29) is 0 Å². The predicted octanol–water partition coefficient (Wildman–Crippen LogP) is 6.16. The van der Waals surface area contributed by atoms with E-state index in [0.717, 1.165) is 35.3 Å². The van der Waals surface area contributed by atoms with Crippen molar-refractivity contribution in [2.75, 3.05) is 23.7 Å². The number of hydrogen-bond donors (Lipinski definition) is 1. The SMILES string of the molecule is CCC(C)C.CCCN1CCSc2cc(N=C(N)c3cccs3)ccc21. The van der Waals surface area contributed by atoms with Crippen molar-refractivity contribution in [1.82, 2.24) is 0 Å². The van der Waals surface area contributed by atoms with Crippen LogP contribution in [0.4, 0.5) is 11.4 Å². The summed E-state index contributed by atoms with van der Waals surface area (Å²) < 4.78 is 0. The van der Waals surface area contributed by atoms with Gasteiger partial charge in [0.05, 0.1) is 16.3 Å². The highest BCUT2D eigenvalue weighted by molar-refractivity contribution is 7.99. The molecule has 1 aromatic heterocycles. The van der Waals surface area contributed by atoms with E-state index in [0.29, 0.717) is 5.84 Å². The fourth-order valence-corrected chi connectivity index (χ4v) is 4.16. The number of thiophene rings is 1. The smallest absolute Gasteiger partial charge is 0.141 e. The molecule has 0 saturated heterocycles. The van der Waals surface area contributed by atoms with Gasteiger partial charge in [-0.1, -0.05) is 40.2 Å². The van der Waals surface area contributed by atoms with E-state index >= 15 is 0 Å². The van der Waals surface area contributed by atoms with Crippen LogP contribution >= 0.6 is 23.1 Å². The summed E-state index contributed by atoms with van der Waals surface area (Å²) in [4.78, 5) is 9.35. The maximum atomic E-state index is 6.07. The summed E-state index contributed by atoms with van der Waals surface area (Å²) in [5.41, 5.74) is 8.34. The van der Waals surface area contributed by atoms with Gasteiger partial charge >= 0.3 is 0 Å². The van der Waals surface area contributed by atoms with Gasteiger partial charge in [0.2, 0.25) is 0 Å². The molecule has 0 fully saturated rings. The molecule has 0 spiro atoms. The molecule has 3 rings (SSSR count). The Bertz CT molecular complexity index is 693. The van der Waals surface area contributed by atoms with Gasteiger partial charge in [-0.2, -0.15) is 0 Å². The summed E-state index contributed by atoms with van der Waals surface area (Å²) >= 11 is 3.52. The van der Waals surface area contributed by atoms with Gasteiger partial charge in [0.1, 0.15) is 5.84 Å². The van der Waals surface area contributed by atoms with E-state index in [1.807, 2.05) is 29.3 Å². The van der Waals surface area contributed by atoms with Gasteiger partial charge in [-0.15, -0.1) is 23.1 Å². The van der Waals surface area contributed by atoms with Crippen molar-refractivity contribution in [3.05, 3.63) is 40.6 Å². The number of nitrogens with two attached hydrogens (primary N) is 1. The minimum atomic E-state index is 0.594. The van der Waals surface area contributed by atoms with Crippen molar-refractivity contribution in [2.45, 2.75) is 45.4 Å². The van der Waals surface area contributed by atoms with Crippen molar-refractivity contribution in [3.63, 3.8) is 0 Å². The van der Waals surface area contributed by atoms with Crippen LogP contribution < -0.4 is 10.6 Å². The average Bonchev–Trinajstić information content (AvgIpc) is 3.17. The number of hydrogen-bond acceptors (Lipinski definition) is 4. The Hall–Kier alpha value is -1.46. The minimum Gasteiger partial charge on any atom is -0.383 e. The van der Waals surface area contributed by atoms with Crippen molar-refractivity contribution >= 4 is 40.3 Å². The summed E-state index contributed by atoms with van der Waals surface area (Å²) in [6, 6.07) is 10.4. The molecule has 3 nitrogen and oxygen atoms in total. The highest BCUT2D eigenvalue weighted by Gasteiger charge is 2.16. The fourth-order valence-electron chi connectivity index (χ4n) is 2.46. The molecule has 0 radical (unpaired) electrons. The van der Waals surface area contributed by atoms with Crippen LogP contribution in [0, 0.1) is 5.92 Å². The first-order valence-corrected chi connectivity index (χ1v) is 11.3. The zero-order valence-corrected chi connectivity index (χ0v) is 18.0. The van der Waals surface area contributed by atoms with Gasteiger partial charge in [-0.25, -0.2) is 4.99 Å².